The zero-order valence-electron chi connectivity index (χ0n) is 17.2. The van der Waals surface area contributed by atoms with Crippen molar-refractivity contribution in [2.45, 2.75) is 39.8 Å². The van der Waals surface area contributed by atoms with Gasteiger partial charge in [-0.1, -0.05) is 30.3 Å². The number of ether oxygens (including phenoxy) is 3. The van der Waals surface area contributed by atoms with Crippen LogP contribution < -0.4 is 14.4 Å². The lowest BCUT2D eigenvalue weighted by Gasteiger charge is -2.28. The minimum Gasteiger partial charge on any atom is -0.496 e. The molecule has 0 aromatic heterocycles. The molecule has 0 saturated heterocycles. The quantitative estimate of drug-likeness (QED) is 0.665. The van der Waals surface area contributed by atoms with Crippen LogP contribution >= 0.6 is 0 Å². The molecule has 0 aliphatic carbocycles. The van der Waals surface area contributed by atoms with Gasteiger partial charge in [-0.25, -0.2) is 4.79 Å². The first-order valence-corrected chi connectivity index (χ1v) is 8.97. The molecule has 0 radical (unpaired) electrons. The number of anilines is 1. The fraction of sp³-hybridized carbons (Fsp3) is 0.364. The van der Waals surface area contributed by atoms with Crippen molar-refractivity contribution in [3.8, 4) is 11.5 Å². The average molecular weight is 385 g/mol. The normalized spacial score (nSPS) is 10.9. The Labute approximate surface area is 166 Å². The van der Waals surface area contributed by atoms with Crippen LogP contribution in [0.4, 0.5) is 10.5 Å². The molecule has 0 aliphatic rings. The maximum atomic E-state index is 12.9. The number of ketones is 1. The number of hydrogen-bond acceptors (Lipinski definition) is 5. The molecule has 0 saturated carbocycles. The van der Waals surface area contributed by atoms with Gasteiger partial charge in [0.25, 0.3) is 0 Å². The molecule has 0 spiro atoms. The highest BCUT2D eigenvalue weighted by Crippen LogP contribution is 2.36. The van der Waals surface area contributed by atoms with Crippen molar-refractivity contribution in [3.05, 3.63) is 53.6 Å². The Morgan fingerprint density at radius 1 is 0.964 bits per heavy atom. The smallest absolute Gasteiger partial charge is 0.415 e. The molecule has 2 aromatic carbocycles. The van der Waals surface area contributed by atoms with Gasteiger partial charge in [0.05, 0.1) is 26.5 Å². The highest BCUT2D eigenvalue weighted by molar-refractivity contribution is 6.01. The van der Waals surface area contributed by atoms with E-state index < -0.39 is 11.7 Å². The minimum atomic E-state index is -0.653. The average Bonchev–Trinajstić information content (AvgIpc) is 2.64. The third kappa shape index (κ3) is 5.25. The Morgan fingerprint density at radius 3 is 1.93 bits per heavy atom. The zero-order valence-corrected chi connectivity index (χ0v) is 17.2. The second kappa shape index (κ2) is 8.78. The molecule has 0 atom stereocenters. The predicted molar refractivity (Wildman–Crippen MR) is 108 cm³/mol. The van der Waals surface area contributed by atoms with E-state index in [0.29, 0.717) is 29.3 Å². The summed E-state index contributed by atoms with van der Waals surface area (Å²) in [4.78, 5) is 26.5. The van der Waals surface area contributed by atoms with E-state index in [4.69, 9.17) is 14.2 Å². The van der Waals surface area contributed by atoms with Gasteiger partial charge in [0, 0.05) is 12.1 Å². The van der Waals surface area contributed by atoms with Crippen LogP contribution in [0.5, 0.6) is 11.5 Å². The fourth-order valence-electron chi connectivity index (χ4n) is 2.75. The van der Waals surface area contributed by atoms with E-state index in [2.05, 4.69) is 0 Å². The van der Waals surface area contributed by atoms with Crippen LogP contribution in [0.3, 0.4) is 0 Å². The lowest BCUT2D eigenvalue weighted by Crippen LogP contribution is -2.36. The van der Waals surface area contributed by atoms with Gasteiger partial charge in [0.2, 0.25) is 0 Å². The van der Waals surface area contributed by atoms with Crippen LogP contribution in [-0.4, -0.2) is 31.7 Å². The van der Waals surface area contributed by atoms with E-state index in [1.807, 2.05) is 51.1 Å². The number of rotatable bonds is 6. The van der Waals surface area contributed by atoms with Crippen LogP contribution in [-0.2, 0) is 11.3 Å². The molecule has 150 valence electrons. The first-order valence-electron chi connectivity index (χ1n) is 8.97. The van der Waals surface area contributed by atoms with Gasteiger partial charge in [-0.15, -0.1) is 0 Å². The predicted octanol–water partition coefficient (Wildman–Crippen LogP) is 4.85. The van der Waals surface area contributed by atoms with Crippen LogP contribution in [0.25, 0.3) is 0 Å². The van der Waals surface area contributed by atoms with Gasteiger partial charge in [0.15, 0.2) is 5.78 Å². The first-order chi connectivity index (χ1) is 13.2. The lowest BCUT2D eigenvalue weighted by atomic mass is 10.1. The SMILES string of the molecule is COc1cc(N(Cc2ccccc2)C(=O)OC(C)(C)C)cc(OC)c1C(C)=O. The molecular formula is C22H27NO5. The van der Waals surface area contributed by atoms with E-state index in [1.54, 1.807) is 12.1 Å². The molecule has 6 nitrogen and oxygen atoms in total. The Kier molecular flexibility index (Phi) is 6.67. The summed E-state index contributed by atoms with van der Waals surface area (Å²) in [5.74, 6) is 0.485. The molecule has 0 N–H and O–H groups in total. The summed E-state index contributed by atoms with van der Waals surface area (Å²) < 4.78 is 16.4. The summed E-state index contributed by atoms with van der Waals surface area (Å²) >= 11 is 0. The van der Waals surface area contributed by atoms with Crippen LogP contribution in [0.15, 0.2) is 42.5 Å². The van der Waals surface area contributed by atoms with Crippen molar-refractivity contribution in [1.29, 1.82) is 0 Å². The molecule has 6 heteroatoms. The largest absolute Gasteiger partial charge is 0.496 e. The molecule has 0 heterocycles. The van der Waals surface area contributed by atoms with Gasteiger partial charge in [0.1, 0.15) is 22.7 Å². The Balaban J connectivity index is 2.55. The maximum Gasteiger partial charge on any atom is 0.415 e. The van der Waals surface area contributed by atoms with E-state index in [9.17, 15) is 9.59 Å². The van der Waals surface area contributed by atoms with E-state index in [-0.39, 0.29) is 5.78 Å². The number of amides is 1. The van der Waals surface area contributed by atoms with Crippen molar-refractivity contribution in [3.63, 3.8) is 0 Å². The minimum absolute atomic E-state index is 0.188. The molecule has 0 aliphatic heterocycles. The monoisotopic (exact) mass is 385 g/mol. The topological polar surface area (TPSA) is 65.1 Å². The number of nitrogens with zero attached hydrogens (tertiary/aromatic N) is 1. The summed E-state index contributed by atoms with van der Waals surface area (Å²) in [6, 6.07) is 12.9. The number of carbonyl (C=O) groups excluding carboxylic acids is 2. The standard InChI is InChI=1S/C22H27NO5/c1-15(24)20-18(26-5)12-17(13-19(20)27-6)23(21(25)28-22(2,3)4)14-16-10-8-7-9-11-16/h7-13H,14H2,1-6H3. The maximum absolute atomic E-state index is 12.9. The van der Waals surface area contributed by atoms with E-state index >= 15 is 0 Å². The lowest BCUT2D eigenvalue weighted by molar-refractivity contribution is 0.0577. The summed E-state index contributed by atoms with van der Waals surface area (Å²) in [6.45, 7) is 7.17. The molecule has 0 bridgehead atoms. The summed E-state index contributed by atoms with van der Waals surface area (Å²) in [5, 5.41) is 0. The second-order valence-corrected chi connectivity index (χ2v) is 7.33. The molecule has 1 amide bonds. The zero-order chi connectivity index (χ0) is 20.9. The number of Topliss-reactive ketones (excluding diaryl/α,β-unsaturated/α-hetero) is 1. The van der Waals surface area contributed by atoms with Crippen molar-refractivity contribution in [2.24, 2.45) is 0 Å². The summed E-state index contributed by atoms with van der Waals surface area (Å²) in [5.41, 5.74) is 1.12. The highest BCUT2D eigenvalue weighted by Gasteiger charge is 2.26. The molecule has 2 aromatic rings. The Morgan fingerprint density at radius 2 is 1.50 bits per heavy atom. The summed E-state index contributed by atoms with van der Waals surface area (Å²) in [7, 11) is 2.94. The second-order valence-electron chi connectivity index (χ2n) is 7.33. The molecule has 2 rings (SSSR count). The Hall–Kier alpha value is -3.02. The van der Waals surface area contributed by atoms with Crippen molar-refractivity contribution >= 4 is 17.6 Å². The van der Waals surface area contributed by atoms with Gasteiger partial charge < -0.3 is 14.2 Å². The van der Waals surface area contributed by atoms with Crippen molar-refractivity contribution in [1.82, 2.24) is 0 Å². The number of benzene rings is 2. The fourth-order valence-corrected chi connectivity index (χ4v) is 2.75. The van der Waals surface area contributed by atoms with Gasteiger partial charge in [-0.3, -0.25) is 9.69 Å². The van der Waals surface area contributed by atoms with Crippen LogP contribution in [0.1, 0.15) is 43.6 Å². The van der Waals surface area contributed by atoms with Crippen LogP contribution in [0.2, 0.25) is 0 Å². The van der Waals surface area contributed by atoms with E-state index in [0.717, 1.165) is 5.56 Å². The van der Waals surface area contributed by atoms with Crippen molar-refractivity contribution < 1.29 is 23.8 Å². The molecule has 28 heavy (non-hydrogen) atoms. The number of methoxy groups -OCH3 is 2. The Bertz CT molecular complexity index is 815. The van der Waals surface area contributed by atoms with Gasteiger partial charge in [-0.05, 0) is 33.3 Å². The molecule has 0 unspecified atom stereocenters. The van der Waals surface area contributed by atoms with E-state index in [1.165, 1.54) is 26.0 Å². The number of hydrogen-bond donors (Lipinski definition) is 0. The first kappa shape index (κ1) is 21.3. The third-order valence-corrected chi connectivity index (χ3v) is 3.95. The third-order valence-electron chi connectivity index (χ3n) is 3.95. The van der Waals surface area contributed by atoms with Crippen LogP contribution in [0, 0.1) is 0 Å². The summed E-state index contributed by atoms with van der Waals surface area (Å²) in [6.07, 6.45) is -0.504. The highest BCUT2D eigenvalue weighted by atomic mass is 16.6. The number of carbonyl (C=O) groups is 2. The molecular weight excluding hydrogens is 358 g/mol. The van der Waals surface area contributed by atoms with Crippen molar-refractivity contribution in [2.75, 3.05) is 19.1 Å². The van der Waals surface area contributed by atoms with Gasteiger partial charge in [-0.2, -0.15) is 0 Å². The van der Waals surface area contributed by atoms with Gasteiger partial charge >= 0.3 is 6.09 Å². The molecule has 0 fully saturated rings.